The molecule has 4 nitrogen and oxygen atoms in total. The summed E-state index contributed by atoms with van der Waals surface area (Å²) in [6.45, 7) is 9.43. The molecule has 1 heterocycles. The number of aliphatic imine (C=N–C) groups is 1. The molecule has 2 aromatic carbocycles. The second-order valence-electron chi connectivity index (χ2n) is 9.96. The van der Waals surface area contributed by atoms with Crippen molar-refractivity contribution in [2.75, 3.05) is 13.1 Å². The molecule has 0 N–H and O–H groups in total. The number of amides is 1. The van der Waals surface area contributed by atoms with Crippen LogP contribution in [0.3, 0.4) is 0 Å². The van der Waals surface area contributed by atoms with E-state index in [1.54, 1.807) is 0 Å². The van der Waals surface area contributed by atoms with E-state index in [0.717, 1.165) is 38.8 Å². The number of likely N-dealkylation sites (tertiary alicyclic amines) is 1. The Morgan fingerprint density at radius 1 is 1.00 bits per heavy atom. The van der Waals surface area contributed by atoms with Gasteiger partial charge in [-0.15, -0.1) is 0 Å². The van der Waals surface area contributed by atoms with E-state index < -0.39 is 5.60 Å². The minimum atomic E-state index is -0.454. The van der Waals surface area contributed by atoms with Gasteiger partial charge in [0, 0.05) is 18.8 Å². The Kier molecular flexibility index (Phi) is 5.92. The van der Waals surface area contributed by atoms with Gasteiger partial charge in [-0.3, -0.25) is 4.99 Å². The molecule has 1 atom stereocenters. The summed E-state index contributed by atoms with van der Waals surface area (Å²) in [5.74, 6) is 0. The normalized spacial score (nSPS) is 20.4. The van der Waals surface area contributed by atoms with E-state index in [9.17, 15) is 4.79 Å². The average Bonchev–Trinajstić information content (AvgIpc) is 2.76. The lowest BCUT2D eigenvalue weighted by Crippen LogP contribution is -2.48. The van der Waals surface area contributed by atoms with E-state index >= 15 is 0 Å². The van der Waals surface area contributed by atoms with Crippen LogP contribution in [-0.4, -0.2) is 35.4 Å². The first-order valence-corrected chi connectivity index (χ1v) is 11.5. The van der Waals surface area contributed by atoms with E-state index in [2.05, 4.69) is 55.5 Å². The van der Waals surface area contributed by atoms with Gasteiger partial charge in [0.2, 0.25) is 0 Å². The molecule has 1 unspecified atom stereocenters. The van der Waals surface area contributed by atoms with Crippen LogP contribution in [-0.2, 0) is 10.2 Å². The van der Waals surface area contributed by atoms with Crippen LogP contribution in [0.1, 0.15) is 76.1 Å². The molecule has 4 heteroatoms. The third-order valence-electron chi connectivity index (χ3n) is 6.65. The first-order chi connectivity index (χ1) is 14.8. The maximum Gasteiger partial charge on any atom is 0.410 e. The predicted octanol–water partition coefficient (Wildman–Crippen LogP) is 6.30. The lowest BCUT2D eigenvalue weighted by atomic mass is 9.64. The third-order valence-corrected chi connectivity index (χ3v) is 6.65. The molecule has 31 heavy (non-hydrogen) atoms. The largest absolute Gasteiger partial charge is 0.444 e. The summed E-state index contributed by atoms with van der Waals surface area (Å²) in [5.41, 5.74) is 4.84. The smallest absolute Gasteiger partial charge is 0.410 e. The Labute approximate surface area is 186 Å². The summed E-state index contributed by atoms with van der Waals surface area (Å²) in [4.78, 5) is 19.5. The van der Waals surface area contributed by atoms with Crippen molar-refractivity contribution in [1.82, 2.24) is 4.90 Å². The third kappa shape index (κ3) is 4.68. The maximum atomic E-state index is 12.5. The molecule has 2 aromatic rings. The van der Waals surface area contributed by atoms with Gasteiger partial charge in [-0.2, -0.15) is 0 Å². The SMILES string of the molecule is CC(N=C1CCC2(CCN(C(=O)OC(C)(C)C)CC2)c2ccccc21)c1ccccc1. The number of carbonyl (C=O) groups excluding carboxylic acids is 1. The number of benzene rings is 2. The van der Waals surface area contributed by atoms with Crippen molar-refractivity contribution in [3.05, 3.63) is 71.3 Å². The number of carbonyl (C=O) groups is 1. The number of hydrogen-bond donors (Lipinski definition) is 0. The number of nitrogens with zero attached hydrogens (tertiary/aromatic N) is 2. The van der Waals surface area contributed by atoms with Gasteiger partial charge in [0.1, 0.15) is 5.60 Å². The molecule has 2 aliphatic rings. The molecule has 4 rings (SSSR count). The fraction of sp³-hybridized carbons (Fsp3) is 0.481. The lowest BCUT2D eigenvalue weighted by molar-refractivity contribution is 0.0158. The summed E-state index contributed by atoms with van der Waals surface area (Å²) in [6, 6.07) is 19.4. The van der Waals surface area contributed by atoms with Crippen LogP contribution in [0.5, 0.6) is 0 Å². The highest BCUT2D eigenvalue weighted by molar-refractivity contribution is 6.03. The van der Waals surface area contributed by atoms with Gasteiger partial charge in [0.25, 0.3) is 0 Å². The Balaban J connectivity index is 1.54. The molecular formula is C27H34N2O2. The number of hydrogen-bond acceptors (Lipinski definition) is 3. The van der Waals surface area contributed by atoms with Gasteiger partial charge < -0.3 is 9.64 Å². The minimum Gasteiger partial charge on any atom is -0.444 e. The van der Waals surface area contributed by atoms with Gasteiger partial charge in [-0.1, -0.05) is 54.6 Å². The number of piperidine rings is 1. The van der Waals surface area contributed by atoms with Crippen molar-refractivity contribution in [3.8, 4) is 0 Å². The van der Waals surface area contributed by atoms with Gasteiger partial charge in [0.05, 0.1) is 6.04 Å². The van der Waals surface area contributed by atoms with Gasteiger partial charge in [-0.25, -0.2) is 4.79 Å². The quantitative estimate of drug-likeness (QED) is 0.574. The first-order valence-electron chi connectivity index (χ1n) is 11.5. The van der Waals surface area contributed by atoms with E-state index in [4.69, 9.17) is 9.73 Å². The molecule has 1 spiro atoms. The highest BCUT2D eigenvalue weighted by Crippen LogP contribution is 2.45. The fourth-order valence-corrected chi connectivity index (χ4v) is 4.96. The highest BCUT2D eigenvalue weighted by Gasteiger charge is 2.42. The topological polar surface area (TPSA) is 41.9 Å². The number of fused-ring (bicyclic) bond motifs is 2. The van der Waals surface area contributed by atoms with Crippen molar-refractivity contribution >= 4 is 11.8 Å². The van der Waals surface area contributed by atoms with E-state index in [1.807, 2.05) is 31.7 Å². The van der Waals surface area contributed by atoms with Crippen molar-refractivity contribution < 1.29 is 9.53 Å². The van der Waals surface area contributed by atoms with Gasteiger partial charge in [0.15, 0.2) is 0 Å². The second-order valence-corrected chi connectivity index (χ2v) is 9.96. The van der Waals surface area contributed by atoms with Crippen LogP contribution in [0.2, 0.25) is 0 Å². The Morgan fingerprint density at radius 3 is 2.32 bits per heavy atom. The average molecular weight is 419 g/mol. The zero-order valence-electron chi connectivity index (χ0n) is 19.2. The predicted molar refractivity (Wildman–Crippen MR) is 126 cm³/mol. The Bertz CT molecular complexity index is 951. The summed E-state index contributed by atoms with van der Waals surface area (Å²) < 4.78 is 5.59. The standard InChI is InChI=1S/C27H34N2O2/c1-20(21-10-6-5-7-11-21)28-24-14-15-27(23-13-9-8-12-22(23)24)16-18-29(19-17-27)25(30)31-26(2,3)4/h5-13,20H,14-19H2,1-4H3. The van der Waals surface area contributed by atoms with Crippen LogP contribution in [0, 0.1) is 0 Å². The molecular weight excluding hydrogens is 384 g/mol. The summed E-state index contributed by atoms with van der Waals surface area (Å²) in [7, 11) is 0. The monoisotopic (exact) mass is 418 g/mol. The minimum absolute atomic E-state index is 0.129. The van der Waals surface area contributed by atoms with Crippen LogP contribution < -0.4 is 0 Å². The Hall–Kier alpha value is -2.62. The zero-order valence-corrected chi connectivity index (χ0v) is 19.2. The zero-order chi connectivity index (χ0) is 22.1. The van der Waals surface area contributed by atoms with E-state index in [1.165, 1.54) is 22.4 Å². The number of ether oxygens (including phenoxy) is 1. The van der Waals surface area contributed by atoms with Crippen LogP contribution in [0.15, 0.2) is 59.6 Å². The second kappa shape index (κ2) is 8.49. The molecule has 0 radical (unpaired) electrons. The molecule has 0 aromatic heterocycles. The number of rotatable bonds is 2. The summed E-state index contributed by atoms with van der Waals surface area (Å²) in [5, 5.41) is 0. The molecule has 0 saturated carbocycles. The van der Waals surface area contributed by atoms with Crippen molar-refractivity contribution in [1.29, 1.82) is 0 Å². The molecule has 1 aliphatic heterocycles. The van der Waals surface area contributed by atoms with Crippen LogP contribution >= 0.6 is 0 Å². The van der Waals surface area contributed by atoms with Crippen LogP contribution in [0.25, 0.3) is 0 Å². The first kappa shape index (κ1) is 21.6. The van der Waals surface area contributed by atoms with E-state index in [-0.39, 0.29) is 17.6 Å². The highest BCUT2D eigenvalue weighted by atomic mass is 16.6. The molecule has 1 fully saturated rings. The van der Waals surface area contributed by atoms with Crippen molar-refractivity contribution in [3.63, 3.8) is 0 Å². The molecule has 1 saturated heterocycles. The van der Waals surface area contributed by atoms with Crippen LogP contribution in [0.4, 0.5) is 4.79 Å². The lowest BCUT2D eigenvalue weighted by Gasteiger charge is -2.45. The van der Waals surface area contributed by atoms with Gasteiger partial charge >= 0.3 is 6.09 Å². The summed E-state index contributed by atoms with van der Waals surface area (Å²) >= 11 is 0. The molecule has 1 aliphatic carbocycles. The van der Waals surface area contributed by atoms with E-state index in [0.29, 0.717) is 0 Å². The molecule has 0 bridgehead atoms. The Morgan fingerprint density at radius 2 is 1.65 bits per heavy atom. The van der Waals surface area contributed by atoms with Crippen molar-refractivity contribution in [2.24, 2.45) is 4.99 Å². The molecule has 164 valence electrons. The maximum absolute atomic E-state index is 12.5. The fourth-order valence-electron chi connectivity index (χ4n) is 4.96. The van der Waals surface area contributed by atoms with Crippen molar-refractivity contribution in [2.45, 2.75) is 70.4 Å². The molecule has 1 amide bonds. The van der Waals surface area contributed by atoms with Gasteiger partial charge in [-0.05, 0) is 75.5 Å². The summed E-state index contributed by atoms with van der Waals surface area (Å²) in [6.07, 6.45) is 3.84.